The van der Waals surface area contributed by atoms with Gasteiger partial charge in [0.1, 0.15) is 5.69 Å². The lowest BCUT2D eigenvalue weighted by molar-refractivity contribution is 0.785. The third-order valence-corrected chi connectivity index (χ3v) is 1.96. The molecule has 1 fully saturated rings. The van der Waals surface area contributed by atoms with Gasteiger partial charge in [-0.25, -0.2) is 0 Å². The summed E-state index contributed by atoms with van der Waals surface area (Å²) in [6.45, 7) is 0. The highest BCUT2D eigenvalue weighted by atomic mass is 16.1. The van der Waals surface area contributed by atoms with Crippen LogP contribution in [0.2, 0.25) is 0 Å². The summed E-state index contributed by atoms with van der Waals surface area (Å²) in [6, 6.07) is 0. The van der Waals surface area contributed by atoms with E-state index in [4.69, 9.17) is 0 Å². The molecule has 1 aromatic heterocycles. The first-order valence-electron chi connectivity index (χ1n) is 3.89. The quantitative estimate of drug-likeness (QED) is 0.675. The van der Waals surface area contributed by atoms with Crippen molar-refractivity contribution in [3.05, 3.63) is 28.4 Å². The van der Waals surface area contributed by atoms with Gasteiger partial charge in [0.15, 0.2) is 0 Å². The van der Waals surface area contributed by atoms with E-state index in [9.17, 15) is 4.79 Å². The van der Waals surface area contributed by atoms with E-state index in [0.29, 0.717) is 5.69 Å². The molecule has 58 valence electrons. The van der Waals surface area contributed by atoms with Crippen molar-refractivity contribution in [1.82, 2.24) is 9.97 Å². The minimum Gasteiger partial charge on any atom is -0.326 e. The number of nitrogens with one attached hydrogen (secondary N) is 1. The van der Waals surface area contributed by atoms with Gasteiger partial charge < -0.3 is 4.98 Å². The SMILES string of the molecule is O=c1[nH]ccnc1CC1CC1. The van der Waals surface area contributed by atoms with Crippen molar-refractivity contribution >= 4 is 0 Å². The van der Waals surface area contributed by atoms with E-state index in [1.807, 2.05) is 0 Å². The van der Waals surface area contributed by atoms with E-state index in [1.165, 1.54) is 12.8 Å². The Labute approximate surface area is 64.5 Å². The second kappa shape index (κ2) is 2.49. The van der Waals surface area contributed by atoms with Crippen LogP contribution in [0.3, 0.4) is 0 Å². The molecule has 0 atom stereocenters. The Hall–Kier alpha value is -1.12. The summed E-state index contributed by atoms with van der Waals surface area (Å²) >= 11 is 0. The molecule has 0 spiro atoms. The zero-order chi connectivity index (χ0) is 7.68. The Kier molecular flexibility index (Phi) is 1.49. The minimum absolute atomic E-state index is 0.0283. The lowest BCUT2D eigenvalue weighted by Crippen LogP contribution is -2.14. The highest BCUT2D eigenvalue weighted by Gasteiger charge is 2.22. The van der Waals surface area contributed by atoms with Crippen molar-refractivity contribution in [2.24, 2.45) is 5.92 Å². The van der Waals surface area contributed by atoms with Gasteiger partial charge in [-0.2, -0.15) is 0 Å². The van der Waals surface area contributed by atoms with Gasteiger partial charge >= 0.3 is 0 Å². The van der Waals surface area contributed by atoms with Gasteiger partial charge in [0.2, 0.25) is 0 Å². The zero-order valence-corrected chi connectivity index (χ0v) is 6.21. The van der Waals surface area contributed by atoms with E-state index in [2.05, 4.69) is 9.97 Å². The van der Waals surface area contributed by atoms with Crippen LogP contribution in [0.15, 0.2) is 17.2 Å². The summed E-state index contributed by atoms with van der Waals surface area (Å²) in [4.78, 5) is 17.7. The van der Waals surface area contributed by atoms with Gasteiger partial charge in [-0.1, -0.05) is 0 Å². The predicted molar refractivity (Wildman–Crippen MR) is 41.3 cm³/mol. The number of H-pyrrole nitrogens is 1. The van der Waals surface area contributed by atoms with Crippen LogP contribution in [0.1, 0.15) is 18.5 Å². The van der Waals surface area contributed by atoms with Crippen LogP contribution < -0.4 is 5.56 Å². The van der Waals surface area contributed by atoms with Gasteiger partial charge in [0.05, 0.1) is 0 Å². The first kappa shape index (κ1) is 6.58. The summed E-state index contributed by atoms with van der Waals surface area (Å²) in [6.07, 6.45) is 6.58. The molecule has 11 heavy (non-hydrogen) atoms. The molecule has 1 aliphatic rings. The van der Waals surface area contributed by atoms with E-state index in [0.717, 1.165) is 12.3 Å². The van der Waals surface area contributed by atoms with Crippen LogP contribution in [0.5, 0.6) is 0 Å². The molecule has 1 heterocycles. The third kappa shape index (κ3) is 1.48. The molecule has 2 rings (SSSR count). The van der Waals surface area contributed by atoms with Gasteiger partial charge in [0.25, 0.3) is 5.56 Å². The number of aromatic amines is 1. The van der Waals surface area contributed by atoms with Crippen LogP contribution in [0.4, 0.5) is 0 Å². The lowest BCUT2D eigenvalue weighted by atomic mass is 10.2. The molecule has 0 saturated heterocycles. The summed E-state index contributed by atoms with van der Waals surface area (Å²) in [7, 11) is 0. The van der Waals surface area contributed by atoms with E-state index >= 15 is 0 Å². The molecular weight excluding hydrogens is 140 g/mol. The summed E-state index contributed by atoms with van der Waals surface area (Å²) in [5.74, 6) is 0.728. The molecule has 0 aromatic carbocycles. The molecule has 0 aliphatic heterocycles. The smallest absolute Gasteiger partial charge is 0.269 e. The number of rotatable bonds is 2. The van der Waals surface area contributed by atoms with Crippen LogP contribution in [-0.4, -0.2) is 9.97 Å². The van der Waals surface area contributed by atoms with Gasteiger partial charge in [-0.05, 0) is 25.2 Å². The van der Waals surface area contributed by atoms with Gasteiger partial charge in [-0.3, -0.25) is 9.78 Å². The molecule has 0 bridgehead atoms. The first-order valence-corrected chi connectivity index (χ1v) is 3.89. The Morgan fingerprint density at radius 3 is 3.09 bits per heavy atom. The van der Waals surface area contributed by atoms with Crippen LogP contribution in [0.25, 0.3) is 0 Å². The minimum atomic E-state index is -0.0283. The molecule has 3 nitrogen and oxygen atoms in total. The Bertz CT molecular complexity index is 301. The maximum Gasteiger partial charge on any atom is 0.269 e. The first-order chi connectivity index (χ1) is 5.36. The van der Waals surface area contributed by atoms with Crippen molar-refractivity contribution < 1.29 is 0 Å². The molecule has 1 N–H and O–H groups in total. The zero-order valence-electron chi connectivity index (χ0n) is 6.21. The predicted octanol–water partition coefficient (Wildman–Crippen LogP) is 0.722. The van der Waals surface area contributed by atoms with Gasteiger partial charge in [-0.15, -0.1) is 0 Å². The molecular formula is C8H10N2O. The number of aromatic nitrogens is 2. The average molecular weight is 150 g/mol. The fourth-order valence-electron chi connectivity index (χ4n) is 1.12. The van der Waals surface area contributed by atoms with Crippen LogP contribution >= 0.6 is 0 Å². The van der Waals surface area contributed by atoms with E-state index in [1.54, 1.807) is 12.4 Å². The number of hydrogen-bond donors (Lipinski definition) is 1. The third-order valence-electron chi connectivity index (χ3n) is 1.96. The Morgan fingerprint density at radius 2 is 2.45 bits per heavy atom. The van der Waals surface area contributed by atoms with Crippen molar-refractivity contribution in [3.63, 3.8) is 0 Å². The summed E-state index contributed by atoms with van der Waals surface area (Å²) < 4.78 is 0. The number of hydrogen-bond acceptors (Lipinski definition) is 2. The molecule has 1 aliphatic carbocycles. The highest BCUT2D eigenvalue weighted by Crippen LogP contribution is 2.31. The average Bonchev–Trinajstić information content (AvgIpc) is 2.78. The fourth-order valence-corrected chi connectivity index (χ4v) is 1.12. The fraction of sp³-hybridized carbons (Fsp3) is 0.500. The normalized spacial score (nSPS) is 16.7. The van der Waals surface area contributed by atoms with Crippen molar-refractivity contribution in [2.45, 2.75) is 19.3 Å². The molecule has 1 aromatic rings. The van der Waals surface area contributed by atoms with Crippen LogP contribution in [-0.2, 0) is 6.42 Å². The second-order valence-electron chi connectivity index (χ2n) is 3.01. The molecule has 1 saturated carbocycles. The Balaban J connectivity index is 2.21. The van der Waals surface area contributed by atoms with Crippen molar-refractivity contribution in [3.8, 4) is 0 Å². The monoisotopic (exact) mass is 150 g/mol. The van der Waals surface area contributed by atoms with Crippen LogP contribution in [0, 0.1) is 5.92 Å². The molecule has 0 radical (unpaired) electrons. The summed E-state index contributed by atoms with van der Waals surface area (Å²) in [5.41, 5.74) is 0.661. The topological polar surface area (TPSA) is 45.8 Å². The lowest BCUT2D eigenvalue weighted by Gasteiger charge is -1.93. The maximum absolute atomic E-state index is 11.1. The summed E-state index contributed by atoms with van der Waals surface area (Å²) in [5, 5.41) is 0. The maximum atomic E-state index is 11.1. The highest BCUT2D eigenvalue weighted by molar-refractivity contribution is 4.99. The molecule has 3 heteroatoms. The number of nitrogens with zero attached hydrogens (tertiary/aromatic N) is 1. The standard InChI is InChI=1S/C8H10N2O/c11-8-7(5-6-1-2-6)9-3-4-10-8/h3-4,6H,1-2,5H2,(H,10,11). The molecule has 0 unspecified atom stereocenters. The van der Waals surface area contributed by atoms with Gasteiger partial charge in [0, 0.05) is 12.4 Å². The molecule has 0 amide bonds. The van der Waals surface area contributed by atoms with E-state index in [-0.39, 0.29) is 5.56 Å². The Morgan fingerprint density at radius 1 is 1.64 bits per heavy atom. The van der Waals surface area contributed by atoms with Crippen molar-refractivity contribution in [2.75, 3.05) is 0 Å². The van der Waals surface area contributed by atoms with E-state index < -0.39 is 0 Å². The van der Waals surface area contributed by atoms with Crippen molar-refractivity contribution in [1.29, 1.82) is 0 Å². The largest absolute Gasteiger partial charge is 0.326 e. The second-order valence-corrected chi connectivity index (χ2v) is 3.01.